The third-order valence-corrected chi connectivity index (χ3v) is 6.35. The van der Waals surface area contributed by atoms with Crippen molar-refractivity contribution >= 4 is 34.0 Å². The largest absolute Gasteiger partial charge is 0.465 e. The highest BCUT2D eigenvalue weighted by molar-refractivity contribution is 6.33. The van der Waals surface area contributed by atoms with Gasteiger partial charge in [0, 0.05) is 5.92 Å². The fourth-order valence-electron chi connectivity index (χ4n) is 4.79. The first-order chi connectivity index (χ1) is 13.7. The van der Waals surface area contributed by atoms with Gasteiger partial charge in [-0.2, -0.15) is 0 Å². The minimum atomic E-state index is -0.322. The van der Waals surface area contributed by atoms with Crippen LogP contribution in [0.5, 0.6) is 0 Å². The standard InChI is InChI=1S/C24H20ClNO2/c1-28-24(27)19-12-13-20(25)23-21(19)16-9-5-11-18(16)22(26-23)17-10-4-7-14-6-2-3-8-15(14)17/h2-10,12-13,16,18,22,26H,11H2,1H3/t16?,18?,22-/m1/s1. The SMILES string of the molecule is COC(=O)c1ccc(Cl)c2c1C1C=CCC1[C@@H](c1cccc3ccccc13)N2. The monoisotopic (exact) mass is 389 g/mol. The Kier molecular flexibility index (Phi) is 4.13. The smallest absolute Gasteiger partial charge is 0.338 e. The molecule has 28 heavy (non-hydrogen) atoms. The molecule has 0 saturated heterocycles. The van der Waals surface area contributed by atoms with Crippen molar-refractivity contribution < 1.29 is 9.53 Å². The summed E-state index contributed by atoms with van der Waals surface area (Å²) in [7, 11) is 1.42. The lowest BCUT2D eigenvalue weighted by atomic mass is 9.74. The number of rotatable bonds is 2. The average molecular weight is 390 g/mol. The van der Waals surface area contributed by atoms with Gasteiger partial charge in [0.05, 0.1) is 29.4 Å². The van der Waals surface area contributed by atoms with Crippen LogP contribution in [-0.4, -0.2) is 13.1 Å². The maximum atomic E-state index is 12.4. The van der Waals surface area contributed by atoms with E-state index >= 15 is 0 Å². The van der Waals surface area contributed by atoms with Crippen molar-refractivity contribution in [2.75, 3.05) is 12.4 Å². The molecule has 0 radical (unpaired) electrons. The summed E-state index contributed by atoms with van der Waals surface area (Å²) in [5.74, 6) is 0.130. The van der Waals surface area contributed by atoms with Crippen molar-refractivity contribution in [3.8, 4) is 0 Å². The minimum Gasteiger partial charge on any atom is -0.465 e. The van der Waals surface area contributed by atoms with Gasteiger partial charge in [-0.05, 0) is 46.4 Å². The van der Waals surface area contributed by atoms with Gasteiger partial charge in [0.2, 0.25) is 0 Å². The van der Waals surface area contributed by atoms with E-state index < -0.39 is 0 Å². The first-order valence-corrected chi connectivity index (χ1v) is 9.88. The Hall–Kier alpha value is -2.78. The third kappa shape index (κ3) is 2.54. The second-order valence-corrected chi connectivity index (χ2v) is 7.83. The Morgan fingerprint density at radius 3 is 2.79 bits per heavy atom. The van der Waals surface area contributed by atoms with Gasteiger partial charge in [0.15, 0.2) is 0 Å². The Labute approximate surface area is 169 Å². The fraction of sp³-hybridized carbons (Fsp3) is 0.208. The number of nitrogens with one attached hydrogen (secondary N) is 1. The lowest BCUT2D eigenvalue weighted by molar-refractivity contribution is 0.0598. The van der Waals surface area contributed by atoms with Gasteiger partial charge >= 0.3 is 5.97 Å². The molecule has 2 aliphatic rings. The highest BCUT2D eigenvalue weighted by atomic mass is 35.5. The summed E-state index contributed by atoms with van der Waals surface area (Å²) < 4.78 is 5.03. The van der Waals surface area contributed by atoms with Crippen molar-refractivity contribution in [2.24, 2.45) is 5.92 Å². The number of hydrogen-bond acceptors (Lipinski definition) is 3. The molecule has 140 valence electrons. The molecule has 1 heterocycles. The number of carbonyl (C=O) groups is 1. The molecule has 1 aliphatic heterocycles. The zero-order valence-corrected chi connectivity index (χ0v) is 16.2. The molecule has 0 bridgehead atoms. The van der Waals surface area contributed by atoms with Crippen LogP contribution in [0, 0.1) is 5.92 Å². The first kappa shape index (κ1) is 17.3. The molecule has 3 aromatic rings. The molecule has 0 fully saturated rings. The van der Waals surface area contributed by atoms with Crippen LogP contribution in [-0.2, 0) is 4.74 Å². The lowest BCUT2D eigenvalue weighted by Crippen LogP contribution is -2.31. The van der Waals surface area contributed by atoms with Crippen LogP contribution in [0.25, 0.3) is 10.8 Å². The van der Waals surface area contributed by atoms with E-state index in [1.807, 2.05) is 0 Å². The van der Waals surface area contributed by atoms with Gasteiger partial charge in [0.1, 0.15) is 0 Å². The summed E-state index contributed by atoms with van der Waals surface area (Å²) in [5, 5.41) is 6.79. The Morgan fingerprint density at radius 2 is 1.93 bits per heavy atom. The predicted molar refractivity (Wildman–Crippen MR) is 113 cm³/mol. The van der Waals surface area contributed by atoms with Crippen molar-refractivity contribution in [1.29, 1.82) is 0 Å². The van der Waals surface area contributed by atoms with E-state index in [2.05, 4.69) is 59.9 Å². The van der Waals surface area contributed by atoms with Crippen LogP contribution in [0.4, 0.5) is 5.69 Å². The van der Waals surface area contributed by atoms with E-state index in [-0.39, 0.29) is 17.9 Å². The van der Waals surface area contributed by atoms with Crippen LogP contribution in [0.1, 0.15) is 39.9 Å². The quantitative estimate of drug-likeness (QED) is 0.424. The van der Waals surface area contributed by atoms with Crippen LogP contribution in [0.3, 0.4) is 0 Å². The average Bonchev–Trinajstić information content (AvgIpc) is 3.23. The Balaban J connectivity index is 1.70. The third-order valence-electron chi connectivity index (χ3n) is 6.03. The minimum absolute atomic E-state index is 0.115. The van der Waals surface area contributed by atoms with E-state index in [1.54, 1.807) is 12.1 Å². The molecule has 5 rings (SSSR count). The summed E-state index contributed by atoms with van der Waals surface area (Å²) >= 11 is 6.58. The van der Waals surface area contributed by atoms with Gasteiger partial charge < -0.3 is 10.1 Å². The molecule has 0 saturated carbocycles. The normalized spacial score (nSPS) is 22.4. The van der Waals surface area contributed by atoms with Gasteiger partial charge in [-0.3, -0.25) is 0 Å². The molecular formula is C24H20ClNO2. The van der Waals surface area contributed by atoms with Crippen molar-refractivity contribution in [2.45, 2.75) is 18.4 Å². The number of benzene rings is 3. The van der Waals surface area contributed by atoms with Crippen LogP contribution in [0.2, 0.25) is 5.02 Å². The van der Waals surface area contributed by atoms with Crippen molar-refractivity contribution in [3.63, 3.8) is 0 Å². The molecule has 2 unspecified atom stereocenters. The Morgan fingerprint density at radius 1 is 1.11 bits per heavy atom. The number of methoxy groups -OCH3 is 1. The van der Waals surface area contributed by atoms with E-state index in [9.17, 15) is 4.79 Å². The maximum Gasteiger partial charge on any atom is 0.338 e. The van der Waals surface area contributed by atoms with Gasteiger partial charge in [0.25, 0.3) is 0 Å². The molecule has 3 aromatic carbocycles. The highest BCUT2D eigenvalue weighted by Gasteiger charge is 2.41. The number of hydrogen-bond donors (Lipinski definition) is 1. The van der Waals surface area contributed by atoms with E-state index in [4.69, 9.17) is 16.3 Å². The van der Waals surface area contributed by atoms with E-state index in [0.29, 0.717) is 16.5 Å². The number of esters is 1. The van der Waals surface area contributed by atoms with Crippen LogP contribution >= 0.6 is 11.6 Å². The number of allylic oxidation sites excluding steroid dienone is 2. The van der Waals surface area contributed by atoms with Gasteiger partial charge in [-0.15, -0.1) is 0 Å². The fourth-order valence-corrected chi connectivity index (χ4v) is 5.01. The maximum absolute atomic E-state index is 12.4. The van der Waals surface area contributed by atoms with Crippen molar-refractivity contribution in [3.05, 3.63) is 88.5 Å². The van der Waals surface area contributed by atoms with E-state index in [1.165, 1.54) is 23.4 Å². The molecule has 0 spiro atoms. The Bertz CT molecular complexity index is 1120. The highest BCUT2D eigenvalue weighted by Crippen LogP contribution is 2.53. The molecule has 0 aromatic heterocycles. The summed E-state index contributed by atoms with van der Waals surface area (Å²) in [6, 6.07) is 18.6. The summed E-state index contributed by atoms with van der Waals surface area (Å²) in [5.41, 5.74) is 3.65. The second kappa shape index (κ2) is 6.68. The van der Waals surface area contributed by atoms with Crippen LogP contribution < -0.4 is 5.32 Å². The number of anilines is 1. The molecule has 3 nitrogen and oxygen atoms in total. The number of fused-ring (bicyclic) bond motifs is 4. The first-order valence-electron chi connectivity index (χ1n) is 9.50. The summed E-state index contributed by atoms with van der Waals surface area (Å²) in [6.07, 6.45) is 5.38. The van der Waals surface area contributed by atoms with Crippen molar-refractivity contribution in [1.82, 2.24) is 0 Å². The molecule has 1 aliphatic carbocycles. The second-order valence-electron chi connectivity index (χ2n) is 7.42. The zero-order chi connectivity index (χ0) is 19.3. The summed E-state index contributed by atoms with van der Waals surface area (Å²) in [4.78, 5) is 12.4. The molecule has 0 amide bonds. The molecular weight excluding hydrogens is 370 g/mol. The zero-order valence-electron chi connectivity index (χ0n) is 15.5. The predicted octanol–water partition coefficient (Wildman–Crippen LogP) is 6.11. The topological polar surface area (TPSA) is 38.3 Å². The van der Waals surface area contributed by atoms with Gasteiger partial charge in [-0.25, -0.2) is 4.79 Å². The van der Waals surface area contributed by atoms with Crippen LogP contribution in [0.15, 0.2) is 66.7 Å². The molecule has 3 atom stereocenters. The molecule has 4 heteroatoms. The van der Waals surface area contributed by atoms with E-state index in [0.717, 1.165) is 17.7 Å². The lowest BCUT2D eigenvalue weighted by Gasteiger charge is -2.39. The number of halogens is 1. The number of ether oxygens (including phenoxy) is 1. The summed E-state index contributed by atoms with van der Waals surface area (Å²) in [6.45, 7) is 0. The molecule has 1 N–H and O–H groups in total. The van der Waals surface area contributed by atoms with Gasteiger partial charge in [-0.1, -0.05) is 66.2 Å². The number of carbonyl (C=O) groups excluding carboxylic acids is 1.